The van der Waals surface area contributed by atoms with Gasteiger partial charge in [0.05, 0.1) is 5.60 Å². The van der Waals surface area contributed by atoms with Gasteiger partial charge in [-0.3, -0.25) is 0 Å². The fourth-order valence-electron chi connectivity index (χ4n) is 3.28. The smallest absolute Gasteiger partial charge is 0.0826 e. The van der Waals surface area contributed by atoms with Crippen LogP contribution in [0.5, 0.6) is 0 Å². The molecule has 3 N–H and O–H groups in total. The maximum atomic E-state index is 10.6. The van der Waals surface area contributed by atoms with Gasteiger partial charge in [-0.2, -0.15) is 0 Å². The molecule has 2 aliphatic rings. The summed E-state index contributed by atoms with van der Waals surface area (Å²) in [5.74, 6) is 0. The van der Waals surface area contributed by atoms with Gasteiger partial charge in [0.25, 0.3) is 0 Å². The van der Waals surface area contributed by atoms with Crippen LogP contribution in [0.2, 0.25) is 0 Å². The maximum Gasteiger partial charge on any atom is 0.0826 e. The van der Waals surface area contributed by atoms with Gasteiger partial charge in [0.1, 0.15) is 0 Å². The molecule has 0 unspecified atom stereocenters. The topological polar surface area (TPSA) is 46.2 Å². The minimum Gasteiger partial charge on any atom is -0.388 e. The highest BCUT2D eigenvalue weighted by Crippen LogP contribution is 2.42. The van der Waals surface area contributed by atoms with Crippen LogP contribution in [0.1, 0.15) is 64.2 Å². The van der Waals surface area contributed by atoms with Crippen LogP contribution in [0.4, 0.5) is 0 Å². The molecule has 0 heterocycles. The van der Waals surface area contributed by atoms with E-state index in [-0.39, 0.29) is 5.54 Å². The summed E-state index contributed by atoms with van der Waals surface area (Å²) in [4.78, 5) is 0. The number of rotatable bonds is 1. The van der Waals surface area contributed by atoms with E-state index in [0.717, 1.165) is 38.5 Å². The van der Waals surface area contributed by atoms with Gasteiger partial charge < -0.3 is 10.8 Å². The van der Waals surface area contributed by atoms with Crippen LogP contribution in [-0.4, -0.2) is 16.2 Å². The van der Waals surface area contributed by atoms with Gasteiger partial charge in [0.2, 0.25) is 0 Å². The summed E-state index contributed by atoms with van der Waals surface area (Å²) in [6, 6.07) is 0. The SMILES string of the molecule is NC1(C2(O)CCCCC2)CCCCC1. The quantitative estimate of drug-likeness (QED) is 0.677. The first-order chi connectivity index (χ1) is 6.66. The Morgan fingerprint density at radius 3 is 1.64 bits per heavy atom. The number of nitrogens with two attached hydrogens (primary N) is 1. The first-order valence-electron chi connectivity index (χ1n) is 6.18. The highest BCUT2D eigenvalue weighted by molar-refractivity contribution is 5.05. The van der Waals surface area contributed by atoms with Gasteiger partial charge in [-0.15, -0.1) is 0 Å². The Morgan fingerprint density at radius 2 is 1.14 bits per heavy atom. The molecule has 0 amide bonds. The molecule has 0 aromatic carbocycles. The van der Waals surface area contributed by atoms with E-state index >= 15 is 0 Å². The Hall–Kier alpha value is -0.0800. The van der Waals surface area contributed by atoms with E-state index < -0.39 is 5.60 Å². The Balaban J connectivity index is 2.09. The lowest BCUT2D eigenvalue weighted by Crippen LogP contribution is -2.62. The number of hydrogen-bond acceptors (Lipinski definition) is 2. The van der Waals surface area contributed by atoms with Crippen LogP contribution in [0.25, 0.3) is 0 Å². The molecule has 0 saturated heterocycles. The Labute approximate surface area is 86.9 Å². The van der Waals surface area contributed by atoms with E-state index in [0.29, 0.717) is 0 Å². The van der Waals surface area contributed by atoms with Crippen molar-refractivity contribution >= 4 is 0 Å². The zero-order chi connectivity index (χ0) is 10.1. The van der Waals surface area contributed by atoms with Gasteiger partial charge in [-0.05, 0) is 25.7 Å². The Bertz CT molecular complexity index is 168. The molecule has 2 fully saturated rings. The normalized spacial score (nSPS) is 31.3. The molecular weight excluding hydrogens is 174 g/mol. The standard InChI is InChI=1S/C12H23NO/c13-11(7-3-1-4-8-11)12(14)9-5-2-6-10-12/h14H,1-10,13H2. The third kappa shape index (κ3) is 1.70. The average Bonchev–Trinajstić information content (AvgIpc) is 2.20. The predicted octanol–water partition coefficient (Wildman–Crippen LogP) is 2.34. The van der Waals surface area contributed by atoms with Crippen molar-refractivity contribution in [2.45, 2.75) is 75.3 Å². The fraction of sp³-hybridized carbons (Fsp3) is 1.00. The summed E-state index contributed by atoms with van der Waals surface area (Å²) in [7, 11) is 0. The summed E-state index contributed by atoms with van der Waals surface area (Å²) >= 11 is 0. The van der Waals surface area contributed by atoms with Crippen molar-refractivity contribution < 1.29 is 5.11 Å². The van der Waals surface area contributed by atoms with E-state index in [1.165, 1.54) is 25.7 Å². The van der Waals surface area contributed by atoms with E-state index in [1.54, 1.807) is 0 Å². The molecule has 2 saturated carbocycles. The molecule has 82 valence electrons. The fourth-order valence-corrected chi connectivity index (χ4v) is 3.28. The van der Waals surface area contributed by atoms with Crippen molar-refractivity contribution in [3.63, 3.8) is 0 Å². The van der Waals surface area contributed by atoms with Crippen LogP contribution in [-0.2, 0) is 0 Å². The number of aliphatic hydroxyl groups is 1. The minimum absolute atomic E-state index is 0.258. The van der Waals surface area contributed by atoms with Crippen molar-refractivity contribution in [2.75, 3.05) is 0 Å². The molecule has 0 spiro atoms. The monoisotopic (exact) mass is 197 g/mol. The van der Waals surface area contributed by atoms with Crippen molar-refractivity contribution in [3.8, 4) is 0 Å². The maximum absolute atomic E-state index is 10.6. The third-order valence-corrected chi connectivity index (χ3v) is 4.35. The van der Waals surface area contributed by atoms with Crippen LogP contribution in [0, 0.1) is 0 Å². The zero-order valence-corrected chi connectivity index (χ0v) is 9.10. The summed E-state index contributed by atoms with van der Waals surface area (Å²) < 4.78 is 0. The molecule has 14 heavy (non-hydrogen) atoms. The lowest BCUT2D eigenvalue weighted by atomic mass is 9.65. The van der Waals surface area contributed by atoms with Gasteiger partial charge in [0.15, 0.2) is 0 Å². The second-order valence-corrected chi connectivity index (χ2v) is 5.31. The molecule has 0 atom stereocenters. The van der Waals surface area contributed by atoms with E-state index in [2.05, 4.69) is 0 Å². The molecule has 2 heteroatoms. The first-order valence-corrected chi connectivity index (χ1v) is 6.18. The lowest BCUT2D eigenvalue weighted by Gasteiger charge is -2.49. The van der Waals surface area contributed by atoms with Gasteiger partial charge in [-0.25, -0.2) is 0 Å². The largest absolute Gasteiger partial charge is 0.388 e. The summed E-state index contributed by atoms with van der Waals surface area (Å²) in [6.45, 7) is 0. The molecule has 0 aromatic rings. The number of hydrogen-bond donors (Lipinski definition) is 2. The molecule has 2 rings (SSSR count). The Morgan fingerprint density at radius 1 is 0.714 bits per heavy atom. The third-order valence-electron chi connectivity index (χ3n) is 4.35. The predicted molar refractivity (Wildman–Crippen MR) is 58.0 cm³/mol. The molecular formula is C12H23NO. The van der Waals surface area contributed by atoms with E-state index in [4.69, 9.17) is 5.73 Å². The average molecular weight is 197 g/mol. The van der Waals surface area contributed by atoms with Crippen LogP contribution in [0.15, 0.2) is 0 Å². The summed E-state index contributed by atoms with van der Waals surface area (Å²) in [6.07, 6.45) is 11.2. The van der Waals surface area contributed by atoms with Crippen molar-refractivity contribution in [1.29, 1.82) is 0 Å². The minimum atomic E-state index is -0.536. The first kappa shape index (κ1) is 10.4. The van der Waals surface area contributed by atoms with Crippen molar-refractivity contribution in [1.82, 2.24) is 0 Å². The molecule has 0 bridgehead atoms. The highest BCUT2D eigenvalue weighted by Gasteiger charge is 2.47. The van der Waals surface area contributed by atoms with Crippen molar-refractivity contribution in [2.24, 2.45) is 5.73 Å². The lowest BCUT2D eigenvalue weighted by molar-refractivity contribution is -0.0776. The molecule has 2 aliphatic carbocycles. The summed E-state index contributed by atoms with van der Waals surface area (Å²) in [5, 5.41) is 10.6. The zero-order valence-electron chi connectivity index (χ0n) is 9.10. The van der Waals surface area contributed by atoms with Gasteiger partial charge in [-0.1, -0.05) is 38.5 Å². The molecule has 0 aliphatic heterocycles. The Kier molecular flexibility index (Phi) is 2.85. The van der Waals surface area contributed by atoms with Gasteiger partial charge in [0, 0.05) is 5.54 Å². The van der Waals surface area contributed by atoms with Gasteiger partial charge >= 0.3 is 0 Å². The summed E-state index contributed by atoms with van der Waals surface area (Å²) in [5.41, 5.74) is 5.62. The van der Waals surface area contributed by atoms with Crippen LogP contribution >= 0.6 is 0 Å². The molecule has 0 radical (unpaired) electrons. The molecule has 0 aromatic heterocycles. The van der Waals surface area contributed by atoms with Crippen LogP contribution in [0.3, 0.4) is 0 Å². The van der Waals surface area contributed by atoms with Crippen molar-refractivity contribution in [3.05, 3.63) is 0 Å². The second kappa shape index (κ2) is 3.82. The van der Waals surface area contributed by atoms with E-state index in [1.807, 2.05) is 0 Å². The van der Waals surface area contributed by atoms with E-state index in [9.17, 15) is 5.11 Å². The van der Waals surface area contributed by atoms with Crippen LogP contribution < -0.4 is 5.73 Å². The molecule has 2 nitrogen and oxygen atoms in total. The second-order valence-electron chi connectivity index (χ2n) is 5.31. The highest BCUT2D eigenvalue weighted by atomic mass is 16.3.